The fourth-order valence-corrected chi connectivity index (χ4v) is 1.77. The lowest BCUT2D eigenvalue weighted by Crippen LogP contribution is -2.09. The van der Waals surface area contributed by atoms with Crippen LogP contribution in [-0.2, 0) is 28.7 Å². The van der Waals surface area contributed by atoms with E-state index in [-0.39, 0.29) is 18.9 Å². The third kappa shape index (κ3) is 4.67. The number of halogens is 3. The molecule has 1 aromatic heterocycles. The molecule has 1 aromatic carbocycles. The number of carbonyl (C=O) groups is 1. The van der Waals surface area contributed by atoms with Crippen LogP contribution in [0.25, 0.3) is 0 Å². The number of nitrogens with zero attached hydrogens (tertiary/aromatic N) is 2. The minimum Gasteiger partial charge on any atom is -0.473 e. The third-order valence-corrected chi connectivity index (χ3v) is 2.97. The van der Waals surface area contributed by atoms with Crippen LogP contribution in [0.1, 0.15) is 16.7 Å². The summed E-state index contributed by atoms with van der Waals surface area (Å²) in [6.07, 6.45) is -1.76. The first-order valence-electron chi connectivity index (χ1n) is 6.55. The van der Waals surface area contributed by atoms with Gasteiger partial charge in [0.25, 0.3) is 0 Å². The number of aromatic nitrogens is 2. The van der Waals surface area contributed by atoms with Crippen molar-refractivity contribution in [1.82, 2.24) is 9.97 Å². The molecule has 0 aliphatic rings. The Morgan fingerprint density at radius 1 is 1.22 bits per heavy atom. The predicted octanol–water partition coefficient (Wildman–Crippen LogP) is 2.79. The summed E-state index contributed by atoms with van der Waals surface area (Å²) < 4.78 is 47.5. The molecule has 2 aromatic rings. The second-order valence-electron chi connectivity index (χ2n) is 4.59. The molecule has 122 valence electrons. The molecule has 0 atom stereocenters. The van der Waals surface area contributed by atoms with Gasteiger partial charge in [0.2, 0.25) is 5.88 Å². The Morgan fingerprint density at radius 3 is 2.52 bits per heavy atom. The largest absolute Gasteiger partial charge is 0.473 e. The fraction of sp³-hybridized carbons (Fsp3) is 0.267. The van der Waals surface area contributed by atoms with Gasteiger partial charge in [-0.25, -0.2) is 9.97 Å². The Morgan fingerprint density at radius 2 is 1.91 bits per heavy atom. The molecule has 0 saturated heterocycles. The van der Waals surface area contributed by atoms with E-state index in [1.807, 2.05) is 0 Å². The maximum Gasteiger partial charge on any atom is 0.416 e. The summed E-state index contributed by atoms with van der Waals surface area (Å²) in [5.74, 6) is -0.288. The molecule has 1 heterocycles. The van der Waals surface area contributed by atoms with Gasteiger partial charge >= 0.3 is 12.1 Å². The maximum atomic E-state index is 12.5. The van der Waals surface area contributed by atoms with E-state index in [0.29, 0.717) is 11.1 Å². The summed E-state index contributed by atoms with van der Waals surface area (Å²) in [7, 11) is 1.26. The van der Waals surface area contributed by atoms with Gasteiger partial charge in [0.1, 0.15) is 12.9 Å². The molecule has 0 radical (unpaired) electrons. The Bertz CT molecular complexity index is 672. The van der Waals surface area contributed by atoms with Gasteiger partial charge in [-0.3, -0.25) is 4.79 Å². The van der Waals surface area contributed by atoms with Crippen molar-refractivity contribution in [1.29, 1.82) is 0 Å². The van der Waals surface area contributed by atoms with Gasteiger partial charge in [0.15, 0.2) is 0 Å². The Hall–Kier alpha value is -2.64. The van der Waals surface area contributed by atoms with E-state index in [1.165, 1.54) is 31.8 Å². The molecule has 0 bridgehead atoms. The highest BCUT2D eigenvalue weighted by Gasteiger charge is 2.29. The SMILES string of the molecule is COC(=O)Cc1cncnc1OCc1ccc(C(F)(F)F)cc1. The number of benzene rings is 1. The van der Waals surface area contributed by atoms with Crippen LogP contribution in [0, 0.1) is 0 Å². The summed E-state index contributed by atoms with van der Waals surface area (Å²) in [5, 5.41) is 0. The number of esters is 1. The molecule has 8 heteroatoms. The van der Waals surface area contributed by atoms with Gasteiger partial charge in [0, 0.05) is 11.8 Å². The molecular weight excluding hydrogens is 313 g/mol. The van der Waals surface area contributed by atoms with Gasteiger partial charge < -0.3 is 9.47 Å². The van der Waals surface area contributed by atoms with Crippen LogP contribution in [0.2, 0.25) is 0 Å². The Labute approximate surface area is 130 Å². The number of hydrogen-bond donors (Lipinski definition) is 0. The van der Waals surface area contributed by atoms with Gasteiger partial charge in [-0.2, -0.15) is 13.2 Å². The predicted molar refractivity (Wildman–Crippen MR) is 73.5 cm³/mol. The summed E-state index contributed by atoms with van der Waals surface area (Å²) in [5.41, 5.74) is 0.251. The van der Waals surface area contributed by atoms with E-state index in [9.17, 15) is 18.0 Å². The average Bonchev–Trinajstić information content (AvgIpc) is 2.53. The lowest BCUT2D eigenvalue weighted by Gasteiger charge is -2.10. The molecule has 0 spiro atoms. The van der Waals surface area contributed by atoms with Gasteiger partial charge in [-0.1, -0.05) is 12.1 Å². The van der Waals surface area contributed by atoms with Crippen molar-refractivity contribution >= 4 is 5.97 Å². The first-order chi connectivity index (χ1) is 10.9. The minimum absolute atomic E-state index is 0.0172. The number of hydrogen-bond acceptors (Lipinski definition) is 5. The zero-order valence-electron chi connectivity index (χ0n) is 12.1. The maximum absolute atomic E-state index is 12.5. The van der Waals surface area contributed by atoms with Gasteiger partial charge in [0.05, 0.1) is 19.1 Å². The molecule has 0 amide bonds. The van der Waals surface area contributed by atoms with Crippen LogP contribution < -0.4 is 4.74 Å². The summed E-state index contributed by atoms with van der Waals surface area (Å²) in [4.78, 5) is 19.0. The molecular formula is C15H13F3N2O3. The topological polar surface area (TPSA) is 61.3 Å². The molecule has 0 N–H and O–H groups in total. The van der Waals surface area contributed by atoms with Crippen LogP contribution in [-0.4, -0.2) is 23.0 Å². The highest BCUT2D eigenvalue weighted by Crippen LogP contribution is 2.29. The highest BCUT2D eigenvalue weighted by molar-refractivity contribution is 5.72. The quantitative estimate of drug-likeness (QED) is 0.791. The molecule has 0 unspecified atom stereocenters. The van der Waals surface area contributed by atoms with Crippen LogP contribution in [0.15, 0.2) is 36.8 Å². The number of carbonyl (C=O) groups excluding carboxylic acids is 1. The third-order valence-electron chi connectivity index (χ3n) is 2.97. The number of methoxy groups -OCH3 is 1. The van der Waals surface area contributed by atoms with E-state index in [0.717, 1.165) is 12.1 Å². The second-order valence-corrected chi connectivity index (χ2v) is 4.59. The van der Waals surface area contributed by atoms with Crippen molar-refractivity contribution in [2.24, 2.45) is 0 Å². The van der Waals surface area contributed by atoms with Crippen LogP contribution in [0.3, 0.4) is 0 Å². The monoisotopic (exact) mass is 326 g/mol. The average molecular weight is 326 g/mol. The zero-order valence-corrected chi connectivity index (χ0v) is 12.1. The van der Waals surface area contributed by atoms with Gasteiger partial charge in [-0.05, 0) is 17.7 Å². The van der Waals surface area contributed by atoms with E-state index in [4.69, 9.17) is 4.74 Å². The van der Waals surface area contributed by atoms with E-state index < -0.39 is 17.7 Å². The molecule has 23 heavy (non-hydrogen) atoms. The first-order valence-corrected chi connectivity index (χ1v) is 6.55. The van der Waals surface area contributed by atoms with Crippen molar-refractivity contribution in [2.75, 3.05) is 7.11 Å². The normalized spacial score (nSPS) is 11.1. The zero-order chi connectivity index (χ0) is 16.9. The smallest absolute Gasteiger partial charge is 0.416 e. The number of ether oxygens (including phenoxy) is 2. The second kappa shape index (κ2) is 7.08. The van der Waals surface area contributed by atoms with Crippen molar-refractivity contribution < 1.29 is 27.4 Å². The van der Waals surface area contributed by atoms with Crippen molar-refractivity contribution in [3.8, 4) is 5.88 Å². The summed E-state index contributed by atoms with van der Waals surface area (Å²) >= 11 is 0. The van der Waals surface area contributed by atoms with Crippen LogP contribution in [0.5, 0.6) is 5.88 Å². The van der Waals surface area contributed by atoms with Crippen molar-refractivity contribution in [3.63, 3.8) is 0 Å². The first kappa shape index (κ1) is 16.7. The van der Waals surface area contributed by atoms with Crippen LogP contribution >= 0.6 is 0 Å². The fourth-order valence-electron chi connectivity index (χ4n) is 1.77. The molecule has 0 saturated carbocycles. The Balaban J connectivity index is 2.05. The summed E-state index contributed by atoms with van der Waals surface area (Å²) in [6, 6.07) is 4.61. The van der Waals surface area contributed by atoms with E-state index >= 15 is 0 Å². The molecule has 5 nitrogen and oxygen atoms in total. The van der Waals surface area contributed by atoms with Crippen LogP contribution in [0.4, 0.5) is 13.2 Å². The van der Waals surface area contributed by atoms with E-state index in [1.54, 1.807) is 0 Å². The molecule has 0 aliphatic carbocycles. The van der Waals surface area contributed by atoms with E-state index in [2.05, 4.69) is 14.7 Å². The standard InChI is InChI=1S/C15H13F3N2O3/c1-22-13(21)6-11-7-19-9-20-14(11)23-8-10-2-4-12(5-3-10)15(16,17)18/h2-5,7,9H,6,8H2,1H3. The minimum atomic E-state index is -4.38. The highest BCUT2D eigenvalue weighted by atomic mass is 19.4. The molecule has 0 fully saturated rings. The molecule has 0 aliphatic heterocycles. The lowest BCUT2D eigenvalue weighted by atomic mass is 10.1. The number of rotatable bonds is 5. The molecule has 2 rings (SSSR count). The Kier molecular flexibility index (Phi) is 5.15. The lowest BCUT2D eigenvalue weighted by molar-refractivity contribution is -0.140. The van der Waals surface area contributed by atoms with Gasteiger partial charge in [-0.15, -0.1) is 0 Å². The summed E-state index contributed by atoms with van der Waals surface area (Å²) in [6.45, 7) is 0.0172. The van der Waals surface area contributed by atoms with Crippen molar-refractivity contribution in [2.45, 2.75) is 19.2 Å². The van der Waals surface area contributed by atoms with Crippen molar-refractivity contribution in [3.05, 3.63) is 53.5 Å². The number of alkyl halides is 3.